The van der Waals surface area contributed by atoms with E-state index in [-0.39, 0.29) is 10.6 Å². The Labute approximate surface area is 175 Å². The number of aryl methyl sites for hydroxylation is 1. The molecule has 0 saturated heterocycles. The van der Waals surface area contributed by atoms with Crippen LogP contribution in [-0.2, 0) is 10.0 Å². The van der Waals surface area contributed by atoms with E-state index in [1.165, 1.54) is 29.8 Å². The molecule has 9 nitrogen and oxygen atoms in total. The van der Waals surface area contributed by atoms with Crippen molar-refractivity contribution in [2.45, 2.75) is 11.8 Å². The van der Waals surface area contributed by atoms with Crippen LogP contribution in [0.5, 0.6) is 0 Å². The van der Waals surface area contributed by atoms with Crippen LogP contribution in [0.3, 0.4) is 0 Å². The second kappa shape index (κ2) is 7.69. The van der Waals surface area contributed by atoms with Gasteiger partial charge in [-0.25, -0.2) is 18.4 Å². The van der Waals surface area contributed by atoms with Gasteiger partial charge in [0.1, 0.15) is 17.0 Å². The topological polar surface area (TPSA) is 127 Å². The van der Waals surface area contributed by atoms with Gasteiger partial charge in [-0.1, -0.05) is 6.07 Å². The van der Waals surface area contributed by atoms with Crippen molar-refractivity contribution < 1.29 is 13.3 Å². The fourth-order valence-electron chi connectivity index (χ4n) is 2.82. The molecule has 4 aromatic rings. The van der Waals surface area contributed by atoms with Crippen LogP contribution in [0.25, 0.3) is 10.2 Å². The Kier molecular flexibility index (Phi) is 5.06. The number of nitrogens with zero attached hydrogens (tertiary/aromatic N) is 3. The zero-order valence-electron chi connectivity index (χ0n) is 15.6. The smallest absolute Gasteiger partial charge is 0.273 e. The minimum Gasteiger partial charge on any atom is -0.340 e. The molecule has 11 heteroatoms. The van der Waals surface area contributed by atoms with Crippen LogP contribution < -0.4 is 10.0 Å². The number of rotatable bonds is 6. The number of anilines is 3. The van der Waals surface area contributed by atoms with Crippen molar-refractivity contribution in [1.82, 2.24) is 9.97 Å². The summed E-state index contributed by atoms with van der Waals surface area (Å²) in [6.45, 7) is 1.55. The van der Waals surface area contributed by atoms with Crippen molar-refractivity contribution in [2.75, 3.05) is 10.0 Å². The van der Waals surface area contributed by atoms with Crippen molar-refractivity contribution in [2.24, 2.45) is 0 Å². The fourth-order valence-corrected chi connectivity index (χ4v) is 4.63. The molecule has 0 aliphatic carbocycles. The summed E-state index contributed by atoms with van der Waals surface area (Å²) in [6.07, 6.45) is 1.48. The number of fused-ring (bicyclic) bond motifs is 1. The van der Waals surface area contributed by atoms with Crippen molar-refractivity contribution in [3.63, 3.8) is 0 Å². The molecule has 2 aromatic heterocycles. The molecule has 30 heavy (non-hydrogen) atoms. The normalized spacial score (nSPS) is 11.4. The number of nitro benzene ring substituents is 1. The Morgan fingerprint density at radius 2 is 1.77 bits per heavy atom. The van der Waals surface area contributed by atoms with Crippen molar-refractivity contribution in [3.05, 3.63) is 75.9 Å². The van der Waals surface area contributed by atoms with E-state index in [4.69, 9.17) is 0 Å². The predicted molar refractivity (Wildman–Crippen MR) is 116 cm³/mol. The van der Waals surface area contributed by atoms with Gasteiger partial charge < -0.3 is 5.32 Å². The summed E-state index contributed by atoms with van der Waals surface area (Å²) in [5, 5.41) is 17.1. The first-order valence-corrected chi connectivity index (χ1v) is 11.0. The van der Waals surface area contributed by atoms with E-state index in [0.717, 1.165) is 22.0 Å². The highest BCUT2D eigenvalue weighted by molar-refractivity contribution is 7.92. The molecule has 0 radical (unpaired) electrons. The molecule has 0 spiro atoms. The van der Waals surface area contributed by atoms with Crippen LogP contribution in [0.2, 0.25) is 0 Å². The molecule has 0 unspecified atom stereocenters. The van der Waals surface area contributed by atoms with Crippen LogP contribution in [0, 0.1) is 17.0 Å². The minimum atomic E-state index is -3.97. The summed E-state index contributed by atoms with van der Waals surface area (Å²) in [5.41, 5.74) is 1.18. The van der Waals surface area contributed by atoms with Gasteiger partial charge in [0.2, 0.25) is 0 Å². The molecular weight excluding hydrogens is 426 g/mol. The van der Waals surface area contributed by atoms with Crippen molar-refractivity contribution in [3.8, 4) is 0 Å². The number of benzene rings is 2. The second-order valence-corrected chi connectivity index (χ2v) is 8.95. The zero-order chi connectivity index (χ0) is 21.3. The van der Waals surface area contributed by atoms with Gasteiger partial charge in [0.15, 0.2) is 0 Å². The van der Waals surface area contributed by atoms with Crippen LogP contribution in [0.15, 0.2) is 65.1 Å². The molecule has 0 bridgehead atoms. The molecule has 2 aromatic carbocycles. The molecule has 152 valence electrons. The molecular formula is C19H15N5O4S2. The van der Waals surface area contributed by atoms with Gasteiger partial charge in [-0.15, -0.1) is 11.3 Å². The van der Waals surface area contributed by atoms with E-state index in [1.54, 1.807) is 31.2 Å². The predicted octanol–water partition coefficient (Wildman–Crippen LogP) is 4.45. The first kappa shape index (κ1) is 19.7. The minimum absolute atomic E-state index is 0.178. The molecule has 0 aliphatic heterocycles. The van der Waals surface area contributed by atoms with Gasteiger partial charge in [-0.3, -0.25) is 14.8 Å². The maximum absolute atomic E-state index is 12.6. The quantitative estimate of drug-likeness (QED) is 0.334. The van der Waals surface area contributed by atoms with Gasteiger partial charge in [0.05, 0.1) is 15.2 Å². The van der Waals surface area contributed by atoms with E-state index in [9.17, 15) is 18.5 Å². The van der Waals surface area contributed by atoms with Gasteiger partial charge in [0, 0.05) is 23.0 Å². The second-order valence-electron chi connectivity index (χ2n) is 6.37. The molecule has 2 N–H and O–H groups in total. The third kappa shape index (κ3) is 3.93. The van der Waals surface area contributed by atoms with Crippen LogP contribution in [0.1, 0.15) is 5.56 Å². The Morgan fingerprint density at radius 3 is 2.50 bits per heavy atom. The van der Waals surface area contributed by atoms with Crippen molar-refractivity contribution in [1.29, 1.82) is 0 Å². The monoisotopic (exact) mass is 441 g/mol. The van der Waals surface area contributed by atoms with E-state index in [2.05, 4.69) is 20.0 Å². The van der Waals surface area contributed by atoms with Gasteiger partial charge in [0.25, 0.3) is 15.7 Å². The van der Waals surface area contributed by atoms with E-state index in [1.807, 2.05) is 11.4 Å². The summed E-state index contributed by atoms with van der Waals surface area (Å²) < 4.78 is 27.7. The van der Waals surface area contributed by atoms with Crippen LogP contribution in [0.4, 0.5) is 22.9 Å². The molecule has 0 atom stereocenters. The third-order valence-corrected chi connectivity index (χ3v) is 6.55. The summed E-state index contributed by atoms with van der Waals surface area (Å²) >= 11 is 1.51. The zero-order valence-corrected chi connectivity index (χ0v) is 17.2. The Bertz CT molecular complexity index is 1350. The molecule has 4 rings (SSSR count). The summed E-state index contributed by atoms with van der Waals surface area (Å²) in [7, 11) is -3.97. The number of thiophene rings is 1. The highest BCUT2D eigenvalue weighted by Crippen LogP contribution is 2.28. The number of nitro groups is 1. The molecule has 0 saturated carbocycles. The number of nitrogens with one attached hydrogen (secondary N) is 2. The Hall–Kier alpha value is -3.57. The average Bonchev–Trinajstić information content (AvgIpc) is 3.19. The van der Waals surface area contributed by atoms with Crippen molar-refractivity contribution >= 4 is 54.5 Å². The average molecular weight is 441 g/mol. The lowest BCUT2D eigenvalue weighted by atomic mass is 10.2. The summed E-state index contributed by atoms with van der Waals surface area (Å²) in [4.78, 5) is 19.6. The van der Waals surface area contributed by atoms with Crippen LogP contribution >= 0.6 is 11.3 Å². The maximum atomic E-state index is 12.6. The fraction of sp³-hybridized carbons (Fsp3) is 0.0526. The Balaban J connectivity index is 1.54. The molecule has 0 aliphatic rings. The largest absolute Gasteiger partial charge is 0.340 e. The van der Waals surface area contributed by atoms with Gasteiger partial charge >= 0.3 is 0 Å². The molecule has 2 heterocycles. The summed E-state index contributed by atoms with van der Waals surface area (Å²) in [6, 6.07) is 12.3. The highest BCUT2D eigenvalue weighted by atomic mass is 32.2. The first-order valence-electron chi connectivity index (χ1n) is 8.67. The van der Waals surface area contributed by atoms with E-state index >= 15 is 0 Å². The lowest BCUT2D eigenvalue weighted by molar-refractivity contribution is -0.385. The third-order valence-electron chi connectivity index (χ3n) is 4.35. The first-order chi connectivity index (χ1) is 14.3. The SMILES string of the molecule is Cc1ccc(S(=O)(=O)Nc2ccc(Nc3ncnc4sccc34)cc2)cc1[N+](=O)[O-]. The standard InChI is InChI=1S/C19H15N5O4S2/c1-12-2-7-15(10-17(12)24(25)26)30(27,28)23-14-5-3-13(4-6-14)22-18-16-8-9-29-19(16)21-11-20-18/h2-11,23H,1H3,(H,20,21,22). The summed E-state index contributed by atoms with van der Waals surface area (Å²) in [5.74, 6) is 0.654. The number of aromatic nitrogens is 2. The number of hydrogen-bond acceptors (Lipinski definition) is 8. The molecule has 0 amide bonds. The van der Waals surface area contributed by atoms with Gasteiger partial charge in [-0.05, 0) is 48.7 Å². The number of hydrogen-bond donors (Lipinski definition) is 2. The maximum Gasteiger partial charge on any atom is 0.273 e. The van der Waals surface area contributed by atoms with Crippen LogP contribution in [-0.4, -0.2) is 23.3 Å². The van der Waals surface area contributed by atoms with E-state index in [0.29, 0.717) is 17.1 Å². The van der Waals surface area contributed by atoms with Gasteiger partial charge in [-0.2, -0.15) is 0 Å². The lowest BCUT2D eigenvalue weighted by Crippen LogP contribution is -2.13. The highest BCUT2D eigenvalue weighted by Gasteiger charge is 2.20. The Morgan fingerprint density at radius 1 is 1.03 bits per heavy atom. The lowest BCUT2D eigenvalue weighted by Gasteiger charge is -2.10. The molecule has 0 fully saturated rings. The number of sulfonamides is 1. The van der Waals surface area contributed by atoms with E-state index < -0.39 is 14.9 Å².